The predicted molar refractivity (Wildman–Crippen MR) is 147 cm³/mol. The maximum atomic E-state index is 14.0. The molecule has 2 aliphatic rings. The smallest absolute Gasteiger partial charge is 0.414 e. The Hall–Kier alpha value is -3.80. The van der Waals surface area contributed by atoms with Gasteiger partial charge >= 0.3 is 18.7 Å². The maximum absolute atomic E-state index is 14.0. The standard InChI is InChI=1S/C30H35F3N2O7/c1-16-7-10-21-23(35(16)30(39)41-3)11-8-18(13-17-5-4-6-19(14-17)28(38)40-2)25(21)34-27(37)26(36)22-15-20(31)9-12-24(22)42-29(32)33/h8-9,11-12,15-17,19,26,29,36H,4-7,10,13-14H2,1-3H3,(H,34,37)/t16-,17-,19+,26?/m0/s1. The number of carbonyl (C=O) groups excluding carboxylic acids is 3. The third kappa shape index (κ3) is 6.80. The van der Waals surface area contributed by atoms with Gasteiger partial charge in [-0.25, -0.2) is 9.18 Å². The number of halogens is 3. The van der Waals surface area contributed by atoms with Gasteiger partial charge in [-0.05, 0) is 80.3 Å². The first-order valence-electron chi connectivity index (χ1n) is 13.9. The van der Waals surface area contributed by atoms with Crippen LogP contribution in [0, 0.1) is 17.7 Å². The van der Waals surface area contributed by atoms with E-state index in [4.69, 9.17) is 9.47 Å². The lowest BCUT2D eigenvalue weighted by Gasteiger charge is -2.36. The summed E-state index contributed by atoms with van der Waals surface area (Å²) in [4.78, 5) is 39.8. The number of hydrogen-bond acceptors (Lipinski definition) is 7. The first kappa shape index (κ1) is 31.1. The normalized spacial score (nSPS) is 20.9. The van der Waals surface area contributed by atoms with Gasteiger partial charge in [-0.2, -0.15) is 8.78 Å². The second-order valence-corrected chi connectivity index (χ2v) is 10.7. The maximum Gasteiger partial charge on any atom is 0.414 e. The van der Waals surface area contributed by atoms with Crippen molar-refractivity contribution in [3.05, 3.63) is 52.8 Å². The summed E-state index contributed by atoms with van der Waals surface area (Å²) in [6.07, 6.45) is 1.92. The third-order valence-electron chi connectivity index (χ3n) is 8.06. The zero-order valence-corrected chi connectivity index (χ0v) is 23.7. The highest BCUT2D eigenvalue weighted by atomic mass is 19.3. The van der Waals surface area contributed by atoms with E-state index in [2.05, 4.69) is 10.1 Å². The predicted octanol–water partition coefficient (Wildman–Crippen LogP) is 5.53. The van der Waals surface area contributed by atoms with Crippen LogP contribution in [-0.2, 0) is 31.9 Å². The molecule has 0 spiro atoms. The van der Waals surface area contributed by atoms with Crippen LogP contribution in [0.5, 0.6) is 5.75 Å². The van der Waals surface area contributed by atoms with Crippen molar-refractivity contribution in [2.24, 2.45) is 11.8 Å². The minimum atomic E-state index is -3.26. The fraction of sp³-hybridized carbons (Fsp3) is 0.500. The fourth-order valence-electron chi connectivity index (χ4n) is 6.02. The lowest BCUT2D eigenvalue weighted by atomic mass is 9.78. The van der Waals surface area contributed by atoms with Gasteiger partial charge < -0.3 is 24.6 Å². The Morgan fingerprint density at radius 1 is 1.10 bits per heavy atom. The van der Waals surface area contributed by atoms with E-state index in [9.17, 15) is 32.7 Å². The molecule has 4 rings (SSSR count). The van der Waals surface area contributed by atoms with Crippen molar-refractivity contribution < 1.29 is 46.9 Å². The summed E-state index contributed by atoms with van der Waals surface area (Å²) in [5.74, 6) is -2.78. The molecule has 2 N–H and O–H groups in total. The number of hydrogen-bond donors (Lipinski definition) is 2. The molecule has 1 fully saturated rings. The highest BCUT2D eigenvalue weighted by molar-refractivity contribution is 5.99. The number of carbonyl (C=O) groups is 3. The number of methoxy groups -OCH3 is 2. The molecular formula is C30H35F3N2O7. The summed E-state index contributed by atoms with van der Waals surface area (Å²) in [6.45, 7) is -1.38. The van der Waals surface area contributed by atoms with E-state index in [1.54, 1.807) is 12.1 Å². The number of rotatable bonds is 8. The average molecular weight is 593 g/mol. The summed E-state index contributed by atoms with van der Waals surface area (Å²) < 4.78 is 54.3. The molecule has 0 radical (unpaired) electrons. The van der Waals surface area contributed by atoms with Crippen molar-refractivity contribution in [2.45, 2.75) is 70.6 Å². The summed E-state index contributed by atoms with van der Waals surface area (Å²) in [7, 11) is 2.63. The molecule has 1 unspecified atom stereocenters. The van der Waals surface area contributed by atoms with E-state index in [0.29, 0.717) is 48.2 Å². The number of anilines is 2. The van der Waals surface area contributed by atoms with Crippen LogP contribution in [0.15, 0.2) is 30.3 Å². The van der Waals surface area contributed by atoms with E-state index in [0.717, 1.165) is 37.5 Å². The number of ether oxygens (including phenoxy) is 3. The largest absolute Gasteiger partial charge is 0.469 e. The van der Waals surface area contributed by atoms with Crippen LogP contribution in [-0.4, -0.2) is 49.9 Å². The second kappa shape index (κ2) is 13.5. The van der Waals surface area contributed by atoms with Crippen molar-refractivity contribution in [1.29, 1.82) is 0 Å². The molecular weight excluding hydrogens is 557 g/mol. The zero-order chi connectivity index (χ0) is 30.6. The van der Waals surface area contributed by atoms with Crippen molar-refractivity contribution in [1.82, 2.24) is 0 Å². The average Bonchev–Trinajstić information content (AvgIpc) is 2.97. The summed E-state index contributed by atoms with van der Waals surface area (Å²) in [5.41, 5.74) is 1.78. The summed E-state index contributed by atoms with van der Waals surface area (Å²) in [6, 6.07) is 5.94. The first-order chi connectivity index (χ1) is 20.0. The Morgan fingerprint density at radius 2 is 1.86 bits per heavy atom. The Morgan fingerprint density at radius 3 is 2.55 bits per heavy atom. The Bertz CT molecular complexity index is 1320. The van der Waals surface area contributed by atoms with Crippen LogP contribution in [0.4, 0.5) is 29.3 Å². The molecule has 1 heterocycles. The molecule has 12 heteroatoms. The van der Waals surface area contributed by atoms with Crippen LogP contribution < -0.4 is 15.0 Å². The van der Waals surface area contributed by atoms with Gasteiger partial charge in [0.1, 0.15) is 11.6 Å². The highest BCUT2D eigenvalue weighted by Gasteiger charge is 2.34. The van der Waals surface area contributed by atoms with Crippen molar-refractivity contribution >= 4 is 29.3 Å². The third-order valence-corrected chi connectivity index (χ3v) is 8.06. The molecule has 2 amide bonds. The molecule has 1 aliphatic carbocycles. The van der Waals surface area contributed by atoms with Gasteiger partial charge in [0.15, 0.2) is 6.10 Å². The van der Waals surface area contributed by atoms with Gasteiger partial charge in [-0.1, -0.05) is 18.9 Å². The Balaban J connectivity index is 1.71. The number of alkyl halides is 2. The zero-order valence-electron chi connectivity index (χ0n) is 23.7. The van der Waals surface area contributed by atoms with Crippen molar-refractivity contribution in [3.8, 4) is 5.75 Å². The van der Waals surface area contributed by atoms with Crippen LogP contribution in [0.25, 0.3) is 0 Å². The number of nitrogens with zero attached hydrogens (tertiary/aromatic N) is 1. The highest BCUT2D eigenvalue weighted by Crippen LogP contribution is 2.41. The first-order valence-corrected chi connectivity index (χ1v) is 13.9. The molecule has 9 nitrogen and oxygen atoms in total. The number of aliphatic hydroxyl groups excluding tert-OH is 1. The van der Waals surface area contributed by atoms with Crippen LogP contribution in [0.2, 0.25) is 0 Å². The molecule has 0 saturated heterocycles. The van der Waals surface area contributed by atoms with Crippen molar-refractivity contribution in [2.75, 3.05) is 24.4 Å². The summed E-state index contributed by atoms with van der Waals surface area (Å²) in [5, 5.41) is 13.6. The molecule has 2 aromatic rings. The fourth-order valence-corrected chi connectivity index (χ4v) is 6.02. The minimum absolute atomic E-state index is 0.0926. The lowest BCUT2D eigenvalue weighted by Crippen LogP contribution is -2.42. The monoisotopic (exact) mass is 592 g/mol. The minimum Gasteiger partial charge on any atom is -0.469 e. The molecule has 2 aromatic carbocycles. The number of amides is 2. The number of esters is 1. The molecule has 4 atom stereocenters. The van der Waals surface area contributed by atoms with Gasteiger partial charge in [-0.15, -0.1) is 0 Å². The molecule has 228 valence electrons. The number of aliphatic hydroxyl groups is 1. The van der Waals surface area contributed by atoms with E-state index in [-0.39, 0.29) is 23.8 Å². The van der Waals surface area contributed by atoms with Gasteiger partial charge in [-0.3, -0.25) is 14.5 Å². The van der Waals surface area contributed by atoms with Crippen molar-refractivity contribution in [3.63, 3.8) is 0 Å². The molecule has 0 aromatic heterocycles. The molecule has 42 heavy (non-hydrogen) atoms. The van der Waals surface area contributed by atoms with Crippen LogP contribution >= 0.6 is 0 Å². The molecule has 1 saturated carbocycles. The number of nitrogens with one attached hydrogen (secondary N) is 1. The van der Waals surface area contributed by atoms with Gasteiger partial charge in [0, 0.05) is 17.3 Å². The van der Waals surface area contributed by atoms with Crippen LogP contribution in [0.1, 0.15) is 61.8 Å². The molecule has 0 bridgehead atoms. The second-order valence-electron chi connectivity index (χ2n) is 10.7. The van der Waals surface area contributed by atoms with Gasteiger partial charge in [0.05, 0.1) is 25.8 Å². The summed E-state index contributed by atoms with van der Waals surface area (Å²) >= 11 is 0. The van der Waals surface area contributed by atoms with E-state index in [1.807, 2.05) is 6.92 Å². The number of benzene rings is 2. The van der Waals surface area contributed by atoms with E-state index in [1.165, 1.54) is 19.1 Å². The van der Waals surface area contributed by atoms with Gasteiger partial charge in [0.25, 0.3) is 5.91 Å². The van der Waals surface area contributed by atoms with E-state index >= 15 is 0 Å². The SMILES string of the molecule is COC(=O)[C@@H]1CCC[C@@H](Cc2ccc3c(c2NC(=O)C(O)c2cc(F)ccc2OC(F)F)CC[C@H](C)N3C(=O)OC)C1. The Kier molecular flexibility index (Phi) is 9.97. The quantitative estimate of drug-likeness (QED) is 0.388. The van der Waals surface area contributed by atoms with Gasteiger partial charge in [0.2, 0.25) is 0 Å². The molecule has 1 aliphatic heterocycles. The lowest BCUT2D eigenvalue weighted by molar-refractivity contribution is -0.147. The van der Waals surface area contributed by atoms with Crippen LogP contribution in [0.3, 0.4) is 0 Å². The topological polar surface area (TPSA) is 114 Å². The Labute approximate surface area is 241 Å². The van der Waals surface area contributed by atoms with E-state index < -0.39 is 41.8 Å². The number of fused-ring (bicyclic) bond motifs is 1.